The molecule has 0 radical (unpaired) electrons. The van der Waals surface area contributed by atoms with Crippen molar-refractivity contribution in [3.63, 3.8) is 0 Å². The van der Waals surface area contributed by atoms with Gasteiger partial charge in [0.25, 0.3) is 5.91 Å². The number of hydrogen-bond donors (Lipinski definition) is 1. The number of rotatable bonds is 6. The van der Waals surface area contributed by atoms with E-state index in [4.69, 9.17) is 0 Å². The SMILES string of the molecule is CCNC(=O)CN1CCN(C(=O)c2cnn(-c3ccc(F)cc3)c2CC)CC1. The van der Waals surface area contributed by atoms with E-state index in [1.165, 1.54) is 12.1 Å². The van der Waals surface area contributed by atoms with Gasteiger partial charge in [-0.25, -0.2) is 9.07 Å². The molecular weight excluding hydrogens is 361 g/mol. The molecule has 8 heteroatoms. The van der Waals surface area contributed by atoms with E-state index in [1.807, 2.05) is 13.8 Å². The van der Waals surface area contributed by atoms with Gasteiger partial charge < -0.3 is 10.2 Å². The van der Waals surface area contributed by atoms with E-state index in [9.17, 15) is 14.0 Å². The second-order valence-corrected chi connectivity index (χ2v) is 6.77. The quantitative estimate of drug-likeness (QED) is 0.815. The average Bonchev–Trinajstić information content (AvgIpc) is 3.13. The minimum absolute atomic E-state index is 0.0103. The van der Waals surface area contributed by atoms with Gasteiger partial charge in [-0.05, 0) is 37.6 Å². The number of carbonyl (C=O) groups is 2. The Morgan fingerprint density at radius 2 is 1.79 bits per heavy atom. The summed E-state index contributed by atoms with van der Waals surface area (Å²) in [6, 6.07) is 6.06. The van der Waals surface area contributed by atoms with Crippen LogP contribution in [0.25, 0.3) is 5.69 Å². The molecule has 3 rings (SSSR count). The molecule has 1 aromatic carbocycles. The van der Waals surface area contributed by atoms with Crippen LogP contribution >= 0.6 is 0 Å². The van der Waals surface area contributed by atoms with E-state index < -0.39 is 0 Å². The topological polar surface area (TPSA) is 70.5 Å². The van der Waals surface area contributed by atoms with Gasteiger partial charge in [-0.2, -0.15) is 5.10 Å². The van der Waals surface area contributed by atoms with E-state index in [2.05, 4.69) is 15.3 Å². The molecule has 28 heavy (non-hydrogen) atoms. The molecule has 0 saturated carbocycles. The molecule has 1 fully saturated rings. The van der Waals surface area contributed by atoms with E-state index in [0.29, 0.717) is 51.3 Å². The largest absolute Gasteiger partial charge is 0.355 e. The minimum atomic E-state index is -0.309. The van der Waals surface area contributed by atoms with Crippen LogP contribution in [0.5, 0.6) is 0 Å². The van der Waals surface area contributed by atoms with Crippen LogP contribution in [0.3, 0.4) is 0 Å². The van der Waals surface area contributed by atoms with Crippen molar-refractivity contribution in [2.75, 3.05) is 39.3 Å². The maximum Gasteiger partial charge on any atom is 0.257 e. The fraction of sp³-hybridized carbons (Fsp3) is 0.450. The van der Waals surface area contributed by atoms with Crippen molar-refractivity contribution >= 4 is 11.8 Å². The molecule has 2 amide bonds. The first-order chi connectivity index (χ1) is 13.5. The molecule has 1 aromatic heterocycles. The highest BCUT2D eigenvalue weighted by molar-refractivity contribution is 5.95. The average molecular weight is 387 g/mol. The van der Waals surface area contributed by atoms with Crippen LogP contribution in [0.2, 0.25) is 0 Å². The number of carbonyl (C=O) groups excluding carboxylic acids is 2. The first-order valence-electron chi connectivity index (χ1n) is 9.64. The highest BCUT2D eigenvalue weighted by Crippen LogP contribution is 2.19. The predicted molar refractivity (Wildman–Crippen MR) is 104 cm³/mol. The van der Waals surface area contributed by atoms with Crippen molar-refractivity contribution in [3.8, 4) is 5.69 Å². The highest BCUT2D eigenvalue weighted by atomic mass is 19.1. The Bertz CT molecular complexity index is 826. The summed E-state index contributed by atoms with van der Waals surface area (Å²) >= 11 is 0. The predicted octanol–water partition coefficient (Wildman–Crippen LogP) is 1.47. The molecule has 0 atom stereocenters. The van der Waals surface area contributed by atoms with Gasteiger partial charge in [0.1, 0.15) is 5.82 Å². The number of piperazine rings is 1. The molecule has 7 nitrogen and oxygen atoms in total. The number of halogens is 1. The van der Waals surface area contributed by atoms with Crippen LogP contribution in [0.1, 0.15) is 29.9 Å². The van der Waals surface area contributed by atoms with E-state index >= 15 is 0 Å². The number of hydrogen-bond acceptors (Lipinski definition) is 4. The van der Waals surface area contributed by atoms with Crippen LogP contribution in [0.15, 0.2) is 30.5 Å². The lowest BCUT2D eigenvalue weighted by atomic mass is 10.1. The maximum atomic E-state index is 13.2. The van der Waals surface area contributed by atoms with E-state index in [0.717, 1.165) is 11.4 Å². The number of likely N-dealkylation sites (N-methyl/N-ethyl adjacent to an activating group) is 1. The summed E-state index contributed by atoms with van der Waals surface area (Å²) in [5, 5.41) is 7.15. The zero-order valence-electron chi connectivity index (χ0n) is 16.3. The van der Waals surface area contributed by atoms with Crippen molar-refractivity contribution in [2.24, 2.45) is 0 Å². The Balaban J connectivity index is 1.68. The lowest BCUT2D eigenvalue weighted by molar-refractivity contribution is -0.122. The first kappa shape index (κ1) is 20.0. The molecular formula is C20H26FN5O2. The van der Waals surface area contributed by atoms with Gasteiger partial charge in [-0.3, -0.25) is 14.5 Å². The summed E-state index contributed by atoms with van der Waals surface area (Å²) in [7, 11) is 0. The molecule has 2 heterocycles. The summed E-state index contributed by atoms with van der Waals surface area (Å²) in [6.45, 7) is 7.32. The van der Waals surface area contributed by atoms with Crippen molar-refractivity contribution in [1.29, 1.82) is 0 Å². The second kappa shape index (κ2) is 8.97. The summed E-state index contributed by atoms with van der Waals surface area (Å²) in [5.74, 6) is -0.352. The number of nitrogens with zero attached hydrogens (tertiary/aromatic N) is 4. The van der Waals surface area contributed by atoms with Crippen LogP contribution < -0.4 is 5.32 Å². The van der Waals surface area contributed by atoms with E-state index in [1.54, 1.807) is 27.9 Å². The first-order valence-corrected chi connectivity index (χ1v) is 9.64. The number of aromatic nitrogens is 2. The molecule has 0 unspecified atom stereocenters. The monoisotopic (exact) mass is 387 g/mol. The van der Waals surface area contributed by atoms with E-state index in [-0.39, 0.29) is 17.6 Å². The highest BCUT2D eigenvalue weighted by Gasteiger charge is 2.26. The van der Waals surface area contributed by atoms with Crippen LogP contribution in [-0.2, 0) is 11.2 Å². The zero-order valence-corrected chi connectivity index (χ0v) is 16.3. The fourth-order valence-corrected chi connectivity index (χ4v) is 3.43. The van der Waals surface area contributed by atoms with Gasteiger partial charge in [0.2, 0.25) is 5.91 Å². The molecule has 0 aliphatic carbocycles. The molecule has 150 valence electrons. The third-order valence-electron chi connectivity index (χ3n) is 4.91. The van der Waals surface area contributed by atoms with Crippen molar-refractivity contribution in [2.45, 2.75) is 20.3 Å². The number of nitrogens with one attached hydrogen (secondary N) is 1. The summed E-state index contributed by atoms with van der Waals surface area (Å²) in [5.41, 5.74) is 2.11. The maximum absolute atomic E-state index is 13.2. The Labute approximate surface area is 164 Å². The molecule has 0 spiro atoms. The second-order valence-electron chi connectivity index (χ2n) is 6.77. The zero-order chi connectivity index (χ0) is 20.1. The summed E-state index contributed by atoms with van der Waals surface area (Å²) in [6.07, 6.45) is 2.22. The van der Waals surface area contributed by atoms with Crippen LogP contribution in [-0.4, -0.2) is 70.7 Å². The number of amides is 2. The summed E-state index contributed by atoms with van der Waals surface area (Å²) in [4.78, 5) is 28.6. The number of benzene rings is 1. The minimum Gasteiger partial charge on any atom is -0.355 e. The Hall–Kier alpha value is -2.74. The molecule has 1 saturated heterocycles. The van der Waals surface area contributed by atoms with Gasteiger partial charge in [0.15, 0.2) is 0 Å². The normalized spacial score (nSPS) is 14.9. The molecule has 1 aliphatic heterocycles. The van der Waals surface area contributed by atoms with Crippen LogP contribution in [0, 0.1) is 5.82 Å². The molecule has 1 aliphatic rings. The van der Waals surface area contributed by atoms with Gasteiger partial charge in [0.05, 0.1) is 29.7 Å². The molecule has 1 N–H and O–H groups in total. The summed E-state index contributed by atoms with van der Waals surface area (Å²) < 4.78 is 14.9. The lowest BCUT2D eigenvalue weighted by Gasteiger charge is -2.34. The standard InChI is InChI=1S/C20H26FN5O2/c1-3-18-17(13-23-26(18)16-7-5-15(21)6-8-16)20(28)25-11-9-24(10-12-25)14-19(27)22-4-2/h5-8,13H,3-4,9-12,14H2,1-2H3,(H,22,27). The third kappa shape index (κ3) is 4.39. The lowest BCUT2D eigenvalue weighted by Crippen LogP contribution is -2.51. The van der Waals surface area contributed by atoms with Crippen molar-refractivity contribution in [3.05, 3.63) is 47.5 Å². The van der Waals surface area contributed by atoms with Gasteiger partial charge in [0, 0.05) is 32.7 Å². The third-order valence-corrected chi connectivity index (χ3v) is 4.91. The smallest absolute Gasteiger partial charge is 0.257 e. The molecule has 0 bridgehead atoms. The van der Waals surface area contributed by atoms with Gasteiger partial charge in [-0.15, -0.1) is 0 Å². The van der Waals surface area contributed by atoms with Crippen molar-refractivity contribution < 1.29 is 14.0 Å². The Kier molecular flexibility index (Phi) is 6.41. The van der Waals surface area contributed by atoms with Crippen molar-refractivity contribution in [1.82, 2.24) is 24.9 Å². The Morgan fingerprint density at radius 3 is 2.39 bits per heavy atom. The van der Waals surface area contributed by atoms with Crippen LogP contribution in [0.4, 0.5) is 4.39 Å². The fourth-order valence-electron chi connectivity index (χ4n) is 3.43. The Morgan fingerprint density at radius 1 is 1.11 bits per heavy atom. The van der Waals surface area contributed by atoms with Gasteiger partial charge >= 0.3 is 0 Å². The van der Waals surface area contributed by atoms with Gasteiger partial charge in [-0.1, -0.05) is 6.92 Å². The molecule has 2 aromatic rings.